The van der Waals surface area contributed by atoms with E-state index in [0.717, 1.165) is 10.9 Å². The number of rotatable bonds is 2. The highest BCUT2D eigenvalue weighted by Gasteiger charge is 2.37. The maximum Gasteiger partial charge on any atom is 0.407 e. The Kier molecular flexibility index (Phi) is 3.66. The summed E-state index contributed by atoms with van der Waals surface area (Å²) < 4.78 is 6.03. The van der Waals surface area contributed by atoms with Gasteiger partial charge >= 0.3 is 6.09 Å². The fourth-order valence-electron chi connectivity index (χ4n) is 2.59. The Morgan fingerprint density at radius 2 is 2.28 bits per heavy atom. The number of amides is 1. The number of alkyl carbamates (subject to hydrolysis) is 1. The number of ether oxygens (including phenoxy) is 1. The zero-order valence-corrected chi connectivity index (χ0v) is 12.5. The van der Waals surface area contributed by atoms with Crippen LogP contribution >= 0.6 is 15.9 Å². The standard InChI is InChI=1S/C14H18BrNO2/c1-4-18-13(17)16-12-8-14(2,3)11-7-9(15)5-6-10(11)12/h5-7,12H,4,8H2,1-3H3,(H,16,17). The smallest absolute Gasteiger partial charge is 0.407 e. The highest BCUT2D eigenvalue weighted by molar-refractivity contribution is 9.10. The van der Waals surface area contributed by atoms with Crippen LogP contribution in [0.15, 0.2) is 22.7 Å². The molecule has 1 unspecified atom stereocenters. The van der Waals surface area contributed by atoms with Crippen molar-refractivity contribution < 1.29 is 9.53 Å². The molecule has 3 nitrogen and oxygen atoms in total. The van der Waals surface area contributed by atoms with Gasteiger partial charge in [-0.15, -0.1) is 0 Å². The minimum absolute atomic E-state index is 0.0437. The molecule has 0 aromatic heterocycles. The summed E-state index contributed by atoms with van der Waals surface area (Å²) in [7, 11) is 0. The van der Waals surface area contributed by atoms with E-state index < -0.39 is 0 Å². The van der Waals surface area contributed by atoms with Gasteiger partial charge in [-0.05, 0) is 42.0 Å². The van der Waals surface area contributed by atoms with Crippen LogP contribution in [0.4, 0.5) is 4.79 Å². The molecular weight excluding hydrogens is 294 g/mol. The minimum Gasteiger partial charge on any atom is -0.450 e. The van der Waals surface area contributed by atoms with Gasteiger partial charge in [0.2, 0.25) is 0 Å². The third-order valence-corrected chi connectivity index (χ3v) is 3.90. The fraction of sp³-hybridized carbons (Fsp3) is 0.500. The van der Waals surface area contributed by atoms with Gasteiger partial charge in [0.25, 0.3) is 0 Å². The lowest BCUT2D eigenvalue weighted by Crippen LogP contribution is -2.28. The van der Waals surface area contributed by atoms with Crippen molar-refractivity contribution in [2.75, 3.05) is 6.61 Å². The van der Waals surface area contributed by atoms with Crippen molar-refractivity contribution in [3.05, 3.63) is 33.8 Å². The molecule has 0 radical (unpaired) electrons. The topological polar surface area (TPSA) is 38.3 Å². The predicted molar refractivity (Wildman–Crippen MR) is 74.7 cm³/mol. The zero-order valence-electron chi connectivity index (χ0n) is 10.9. The van der Waals surface area contributed by atoms with Crippen LogP contribution in [0.25, 0.3) is 0 Å². The molecule has 18 heavy (non-hydrogen) atoms. The molecule has 0 bridgehead atoms. The SMILES string of the molecule is CCOC(=O)NC1CC(C)(C)c2cc(Br)ccc21. The van der Waals surface area contributed by atoms with E-state index in [-0.39, 0.29) is 17.6 Å². The van der Waals surface area contributed by atoms with E-state index in [9.17, 15) is 4.79 Å². The van der Waals surface area contributed by atoms with Gasteiger partial charge < -0.3 is 10.1 Å². The van der Waals surface area contributed by atoms with Gasteiger partial charge in [-0.3, -0.25) is 0 Å². The van der Waals surface area contributed by atoms with Crippen LogP contribution in [-0.2, 0) is 10.2 Å². The Hall–Kier alpha value is -1.03. The summed E-state index contributed by atoms with van der Waals surface area (Å²) in [5.74, 6) is 0. The number of nitrogens with one attached hydrogen (secondary N) is 1. The Morgan fingerprint density at radius 1 is 1.56 bits per heavy atom. The van der Waals surface area contributed by atoms with E-state index in [4.69, 9.17) is 4.74 Å². The van der Waals surface area contributed by atoms with E-state index >= 15 is 0 Å². The summed E-state index contributed by atoms with van der Waals surface area (Å²) >= 11 is 3.50. The molecule has 1 aliphatic rings. The zero-order chi connectivity index (χ0) is 13.3. The monoisotopic (exact) mass is 311 g/mol. The van der Waals surface area contributed by atoms with Gasteiger partial charge in [-0.2, -0.15) is 0 Å². The molecule has 0 saturated heterocycles. The van der Waals surface area contributed by atoms with Crippen molar-refractivity contribution in [2.24, 2.45) is 0 Å². The van der Waals surface area contributed by atoms with Crippen molar-refractivity contribution in [3.63, 3.8) is 0 Å². The van der Waals surface area contributed by atoms with E-state index in [0.29, 0.717) is 6.61 Å². The van der Waals surface area contributed by atoms with Crippen LogP contribution in [0.3, 0.4) is 0 Å². The number of carbonyl (C=O) groups is 1. The molecule has 1 aromatic carbocycles. The molecule has 0 saturated carbocycles. The Labute approximate surface area is 116 Å². The van der Waals surface area contributed by atoms with Crippen LogP contribution in [-0.4, -0.2) is 12.7 Å². The molecule has 0 heterocycles. The number of benzene rings is 1. The Balaban J connectivity index is 2.25. The quantitative estimate of drug-likeness (QED) is 0.899. The van der Waals surface area contributed by atoms with Gasteiger partial charge in [0, 0.05) is 4.47 Å². The van der Waals surface area contributed by atoms with Crippen LogP contribution in [0, 0.1) is 0 Å². The van der Waals surface area contributed by atoms with Crippen LogP contribution in [0.1, 0.15) is 44.4 Å². The molecule has 0 fully saturated rings. The van der Waals surface area contributed by atoms with Gasteiger partial charge in [0.05, 0.1) is 12.6 Å². The summed E-state index contributed by atoms with van der Waals surface area (Å²) in [5, 5.41) is 2.93. The molecular formula is C14H18BrNO2. The van der Waals surface area contributed by atoms with Gasteiger partial charge in [0.15, 0.2) is 0 Å². The second kappa shape index (κ2) is 4.92. The second-order valence-corrected chi connectivity index (χ2v) is 6.15. The van der Waals surface area contributed by atoms with Crippen LogP contribution < -0.4 is 5.32 Å². The van der Waals surface area contributed by atoms with Gasteiger partial charge in [-0.25, -0.2) is 4.79 Å². The summed E-state index contributed by atoms with van der Waals surface area (Å²) in [4.78, 5) is 11.5. The molecule has 4 heteroatoms. The third kappa shape index (κ3) is 2.53. The van der Waals surface area contributed by atoms with Gasteiger partial charge in [0.1, 0.15) is 0 Å². The molecule has 1 atom stereocenters. The minimum atomic E-state index is -0.339. The molecule has 1 N–H and O–H groups in total. The molecule has 0 aliphatic heterocycles. The van der Waals surface area contributed by atoms with Crippen LogP contribution in [0.2, 0.25) is 0 Å². The van der Waals surface area contributed by atoms with Crippen molar-refractivity contribution in [2.45, 2.75) is 38.6 Å². The van der Waals surface area contributed by atoms with Crippen molar-refractivity contribution >= 4 is 22.0 Å². The second-order valence-electron chi connectivity index (χ2n) is 5.24. The maximum atomic E-state index is 11.5. The average molecular weight is 312 g/mol. The lowest BCUT2D eigenvalue weighted by molar-refractivity contribution is 0.147. The number of fused-ring (bicyclic) bond motifs is 1. The average Bonchev–Trinajstić information content (AvgIpc) is 2.50. The first-order valence-corrected chi connectivity index (χ1v) is 6.96. The summed E-state index contributed by atoms with van der Waals surface area (Å²) in [5.41, 5.74) is 2.55. The summed E-state index contributed by atoms with van der Waals surface area (Å²) in [6.45, 7) is 6.61. The number of hydrogen-bond acceptors (Lipinski definition) is 2. The molecule has 1 aromatic rings. The number of carbonyl (C=O) groups excluding carboxylic acids is 1. The molecule has 2 rings (SSSR count). The van der Waals surface area contributed by atoms with Crippen molar-refractivity contribution in [3.8, 4) is 0 Å². The molecule has 0 spiro atoms. The normalized spacial score (nSPS) is 20.3. The van der Waals surface area contributed by atoms with E-state index in [2.05, 4.69) is 47.2 Å². The first-order valence-electron chi connectivity index (χ1n) is 6.17. The maximum absolute atomic E-state index is 11.5. The first-order chi connectivity index (χ1) is 8.44. The van der Waals surface area contributed by atoms with Crippen molar-refractivity contribution in [1.29, 1.82) is 0 Å². The fourth-order valence-corrected chi connectivity index (χ4v) is 2.95. The Morgan fingerprint density at radius 3 is 2.94 bits per heavy atom. The third-order valence-electron chi connectivity index (χ3n) is 3.40. The molecule has 98 valence electrons. The highest BCUT2D eigenvalue weighted by Crippen LogP contribution is 2.45. The van der Waals surface area contributed by atoms with E-state index in [1.807, 2.05) is 13.0 Å². The number of halogens is 1. The summed E-state index contributed by atoms with van der Waals surface area (Å²) in [6.07, 6.45) is 0.562. The van der Waals surface area contributed by atoms with Crippen molar-refractivity contribution in [1.82, 2.24) is 5.32 Å². The molecule has 1 aliphatic carbocycles. The van der Waals surface area contributed by atoms with E-state index in [1.165, 1.54) is 11.1 Å². The Bertz CT molecular complexity index is 471. The lowest BCUT2D eigenvalue weighted by atomic mass is 9.86. The predicted octanol–water partition coefficient (Wildman–Crippen LogP) is 3.92. The lowest BCUT2D eigenvalue weighted by Gasteiger charge is -2.19. The first kappa shape index (κ1) is 13.4. The van der Waals surface area contributed by atoms with E-state index in [1.54, 1.807) is 0 Å². The highest BCUT2D eigenvalue weighted by atomic mass is 79.9. The van der Waals surface area contributed by atoms with Gasteiger partial charge in [-0.1, -0.05) is 35.8 Å². The van der Waals surface area contributed by atoms with Crippen LogP contribution in [0.5, 0.6) is 0 Å². The largest absolute Gasteiger partial charge is 0.450 e. The summed E-state index contributed by atoms with van der Waals surface area (Å²) in [6, 6.07) is 6.27. The molecule has 1 amide bonds. The number of hydrogen-bond donors (Lipinski definition) is 1.